The average Bonchev–Trinajstić information content (AvgIpc) is 2.82. The summed E-state index contributed by atoms with van der Waals surface area (Å²) in [6.45, 7) is 3.58. The first kappa shape index (κ1) is 27.0. The topological polar surface area (TPSA) is 143 Å². The lowest BCUT2D eigenvalue weighted by atomic mass is 9.93. The van der Waals surface area contributed by atoms with Gasteiger partial charge in [0.1, 0.15) is 0 Å². The van der Waals surface area contributed by atoms with Gasteiger partial charge in [-0.2, -0.15) is 0 Å². The number of carboxylic acid groups (broad SMARTS) is 1. The number of benzene rings is 2. The van der Waals surface area contributed by atoms with Crippen molar-refractivity contribution in [3.63, 3.8) is 0 Å². The molecule has 0 heterocycles. The average molecular weight is 486 g/mol. The van der Waals surface area contributed by atoms with Gasteiger partial charge in [0.15, 0.2) is 5.60 Å². The molecule has 186 valence electrons. The van der Waals surface area contributed by atoms with E-state index in [-0.39, 0.29) is 11.1 Å². The molecule has 0 saturated carbocycles. The SMILES string of the molecule is COC(=O)[C@@H](OC(=O)c1ccccc1)[C@@](C)(CC(=O)O)OC(=O)C(C)(C)OC(=O)c1ccccc1. The van der Waals surface area contributed by atoms with Crippen molar-refractivity contribution in [2.24, 2.45) is 0 Å². The van der Waals surface area contributed by atoms with Crippen LogP contribution in [0.5, 0.6) is 0 Å². The van der Waals surface area contributed by atoms with Crippen molar-refractivity contribution in [3.8, 4) is 0 Å². The highest BCUT2D eigenvalue weighted by atomic mass is 16.6. The standard InChI is InChI=1S/C25H26O10/c1-24(2,34-21(29)17-13-9-6-10-14-17)23(31)35-25(3,15-18(26)27)19(22(30)32-4)33-20(28)16-11-7-5-8-12-16/h5-14,19H,15H2,1-4H3,(H,26,27)/t19-,25-/m1/s1. The Bertz CT molecular complexity index is 1080. The van der Waals surface area contributed by atoms with Crippen LogP contribution in [0.1, 0.15) is 47.9 Å². The van der Waals surface area contributed by atoms with Crippen LogP contribution in [0.2, 0.25) is 0 Å². The molecule has 35 heavy (non-hydrogen) atoms. The minimum atomic E-state index is -2.21. The number of methoxy groups -OCH3 is 1. The minimum Gasteiger partial charge on any atom is -0.481 e. The van der Waals surface area contributed by atoms with Gasteiger partial charge in [-0.3, -0.25) is 4.79 Å². The predicted molar refractivity (Wildman–Crippen MR) is 120 cm³/mol. The Hall–Kier alpha value is -4.21. The quantitative estimate of drug-likeness (QED) is 0.393. The molecule has 10 heteroatoms. The first-order valence-corrected chi connectivity index (χ1v) is 10.5. The number of aliphatic carboxylic acids is 1. The van der Waals surface area contributed by atoms with Gasteiger partial charge in [0.05, 0.1) is 24.7 Å². The molecule has 2 aromatic carbocycles. The first-order valence-electron chi connectivity index (χ1n) is 10.5. The molecule has 0 aromatic heterocycles. The Kier molecular flexibility index (Phi) is 8.71. The summed E-state index contributed by atoms with van der Waals surface area (Å²) in [6.07, 6.45) is -2.87. The van der Waals surface area contributed by atoms with E-state index >= 15 is 0 Å². The van der Waals surface area contributed by atoms with Gasteiger partial charge in [-0.1, -0.05) is 36.4 Å². The normalized spacial score (nSPS) is 13.5. The van der Waals surface area contributed by atoms with Crippen molar-refractivity contribution < 1.29 is 48.0 Å². The van der Waals surface area contributed by atoms with Crippen molar-refractivity contribution in [1.82, 2.24) is 0 Å². The third-order valence-corrected chi connectivity index (χ3v) is 4.88. The van der Waals surface area contributed by atoms with Crippen molar-refractivity contribution in [2.45, 2.75) is 44.5 Å². The largest absolute Gasteiger partial charge is 0.481 e. The van der Waals surface area contributed by atoms with E-state index in [4.69, 9.17) is 14.2 Å². The number of carbonyl (C=O) groups is 5. The van der Waals surface area contributed by atoms with Gasteiger partial charge in [0.25, 0.3) is 0 Å². The van der Waals surface area contributed by atoms with E-state index in [1.807, 2.05) is 0 Å². The second-order valence-corrected chi connectivity index (χ2v) is 8.21. The van der Waals surface area contributed by atoms with E-state index in [2.05, 4.69) is 4.74 Å². The summed E-state index contributed by atoms with van der Waals surface area (Å²) >= 11 is 0. The summed E-state index contributed by atoms with van der Waals surface area (Å²) < 4.78 is 20.6. The Morgan fingerprint density at radius 3 is 1.74 bits per heavy atom. The Morgan fingerprint density at radius 2 is 1.29 bits per heavy atom. The summed E-state index contributed by atoms with van der Waals surface area (Å²) in [5, 5.41) is 9.44. The number of carbonyl (C=O) groups excluding carboxylic acids is 4. The molecule has 0 bridgehead atoms. The number of hydrogen-bond donors (Lipinski definition) is 1. The molecule has 0 aliphatic carbocycles. The van der Waals surface area contributed by atoms with E-state index in [1.165, 1.54) is 38.1 Å². The van der Waals surface area contributed by atoms with Crippen molar-refractivity contribution in [1.29, 1.82) is 0 Å². The predicted octanol–water partition coefficient (Wildman–Crippen LogP) is 2.80. The molecule has 0 fully saturated rings. The Morgan fingerprint density at radius 1 is 0.800 bits per heavy atom. The molecule has 0 amide bonds. The van der Waals surface area contributed by atoms with Crippen LogP contribution in [-0.2, 0) is 33.3 Å². The molecule has 2 atom stereocenters. The molecule has 2 rings (SSSR count). The van der Waals surface area contributed by atoms with Crippen LogP contribution in [0.4, 0.5) is 0 Å². The van der Waals surface area contributed by atoms with Gasteiger partial charge < -0.3 is 24.1 Å². The fraction of sp³-hybridized carbons (Fsp3) is 0.320. The van der Waals surface area contributed by atoms with E-state index < -0.39 is 53.6 Å². The number of ether oxygens (including phenoxy) is 4. The molecule has 0 unspecified atom stereocenters. The molecule has 0 radical (unpaired) electrons. The maximum absolute atomic E-state index is 13.0. The Balaban J connectivity index is 2.33. The zero-order valence-electron chi connectivity index (χ0n) is 19.7. The molecule has 0 saturated heterocycles. The van der Waals surface area contributed by atoms with Crippen LogP contribution in [0.25, 0.3) is 0 Å². The highest BCUT2D eigenvalue weighted by molar-refractivity contribution is 5.93. The van der Waals surface area contributed by atoms with Crippen molar-refractivity contribution in [3.05, 3.63) is 71.8 Å². The molecule has 0 spiro atoms. The van der Waals surface area contributed by atoms with Crippen LogP contribution in [-0.4, -0.2) is 59.4 Å². The second-order valence-electron chi connectivity index (χ2n) is 8.21. The van der Waals surface area contributed by atoms with Crippen molar-refractivity contribution in [2.75, 3.05) is 7.11 Å². The number of hydrogen-bond acceptors (Lipinski definition) is 9. The van der Waals surface area contributed by atoms with Crippen LogP contribution >= 0.6 is 0 Å². The van der Waals surface area contributed by atoms with E-state index in [0.29, 0.717) is 0 Å². The number of esters is 4. The molecule has 0 aliphatic heterocycles. The second kappa shape index (κ2) is 11.3. The monoisotopic (exact) mass is 486 g/mol. The summed E-state index contributed by atoms with van der Waals surface area (Å²) in [7, 11) is 1.00. The van der Waals surface area contributed by atoms with Gasteiger partial charge in [-0.15, -0.1) is 0 Å². The molecule has 10 nitrogen and oxygen atoms in total. The van der Waals surface area contributed by atoms with E-state index in [9.17, 15) is 29.1 Å². The molecule has 1 N–H and O–H groups in total. The minimum absolute atomic E-state index is 0.0718. The fourth-order valence-electron chi connectivity index (χ4n) is 3.00. The lowest BCUT2D eigenvalue weighted by molar-refractivity contribution is -0.198. The smallest absolute Gasteiger partial charge is 0.351 e. The van der Waals surface area contributed by atoms with E-state index in [1.54, 1.807) is 36.4 Å². The summed E-state index contributed by atoms with van der Waals surface area (Å²) in [5.41, 5.74) is -3.86. The maximum Gasteiger partial charge on any atom is 0.351 e. The molecule has 0 aliphatic rings. The van der Waals surface area contributed by atoms with Gasteiger partial charge in [-0.05, 0) is 45.0 Å². The van der Waals surface area contributed by atoms with Crippen LogP contribution in [0.15, 0.2) is 60.7 Å². The molecule has 2 aromatic rings. The lowest BCUT2D eigenvalue weighted by Crippen LogP contribution is -2.55. The molecular formula is C25H26O10. The van der Waals surface area contributed by atoms with Gasteiger partial charge >= 0.3 is 29.8 Å². The maximum atomic E-state index is 13.0. The number of carboxylic acids is 1. The van der Waals surface area contributed by atoms with Crippen LogP contribution in [0, 0.1) is 0 Å². The fourth-order valence-corrected chi connectivity index (χ4v) is 3.00. The summed E-state index contributed by atoms with van der Waals surface area (Å²) in [6, 6.07) is 15.5. The molecular weight excluding hydrogens is 460 g/mol. The zero-order valence-corrected chi connectivity index (χ0v) is 19.7. The van der Waals surface area contributed by atoms with Gasteiger partial charge in [0.2, 0.25) is 11.7 Å². The third kappa shape index (κ3) is 7.13. The van der Waals surface area contributed by atoms with Crippen molar-refractivity contribution >= 4 is 29.8 Å². The third-order valence-electron chi connectivity index (χ3n) is 4.88. The van der Waals surface area contributed by atoms with Gasteiger partial charge in [0, 0.05) is 0 Å². The first-order chi connectivity index (χ1) is 16.4. The highest BCUT2D eigenvalue weighted by Crippen LogP contribution is 2.29. The van der Waals surface area contributed by atoms with Gasteiger partial charge in [-0.25, -0.2) is 19.2 Å². The summed E-state index contributed by atoms with van der Waals surface area (Å²) in [5.74, 6) is -5.57. The Labute approximate surface area is 201 Å². The number of rotatable bonds is 10. The van der Waals surface area contributed by atoms with Crippen LogP contribution in [0.3, 0.4) is 0 Å². The summed E-state index contributed by atoms with van der Waals surface area (Å²) in [4.78, 5) is 62.2. The van der Waals surface area contributed by atoms with Crippen LogP contribution < -0.4 is 0 Å². The highest BCUT2D eigenvalue weighted by Gasteiger charge is 2.51. The zero-order chi connectivity index (χ0) is 26.2. The van der Waals surface area contributed by atoms with E-state index in [0.717, 1.165) is 14.0 Å². The lowest BCUT2D eigenvalue weighted by Gasteiger charge is -2.36.